The Kier molecular flexibility index (Phi) is 6.52. The van der Waals surface area contributed by atoms with Gasteiger partial charge < -0.3 is 5.32 Å². The van der Waals surface area contributed by atoms with Crippen LogP contribution in [0.15, 0.2) is 22.7 Å². The minimum absolute atomic E-state index is 0.115. The van der Waals surface area contributed by atoms with Crippen LogP contribution < -0.4 is 5.32 Å². The first-order chi connectivity index (χ1) is 8.08. The lowest BCUT2D eigenvalue weighted by atomic mass is 10.1. The molecule has 1 aromatic carbocycles. The van der Waals surface area contributed by atoms with Crippen LogP contribution in [0, 0.1) is 0 Å². The van der Waals surface area contributed by atoms with Crippen molar-refractivity contribution in [1.29, 1.82) is 0 Å². The predicted octanol–water partition coefficient (Wildman–Crippen LogP) is 4.40. The monoisotopic (exact) mass is 381 g/mol. The minimum atomic E-state index is -0.115. The molecule has 0 spiro atoms. The van der Waals surface area contributed by atoms with E-state index >= 15 is 0 Å². The number of halogens is 3. The molecule has 0 aliphatic rings. The van der Waals surface area contributed by atoms with Crippen LogP contribution in [0.5, 0.6) is 0 Å². The van der Waals surface area contributed by atoms with Gasteiger partial charge in [0.25, 0.3) is 5.91 Å². The van der Waals surface area contributed by atoms with Gasteiger partial charge in [0.15, 0.2) is 0 Å². The van der Waals surface area contributed by atoms with Crippen LogP contribution in [0.4, 0.5) is 0 Å². The molecule has 1 rings (SSSR count). The molecule has 0 bridgehead atoms. The quantitative estimate of drug-likeness (QED) is 0.751. The maximum atomic E-state index is 12.0. The van der Waals surface area contributed by atoms with E-state index < -0.39 is 0 Å². The highest BCUT2D eigenvalue weighted by Crippen LogP contribution is 2.21. The topological polar surface area (TPSA) is 29.1 Å². The molecule has 0 radical (unpaired) electrons. The smallest absolute Gasteiger partial charge is 0.253 e. The number of carbonyl (C=O) groups is 1. The summed E-state index contributed by atoms with van der Waals surface area (Å²) in [5.41, 5.74) is 0.517. The molecule has 1 aromatic rings. The van der Waals surface area contributed by atoms with Crippen molar-refractivity contribution < 1.29 is 4.79 Å². The predicted molar refractivity (Wildman–Crippen MR) is 79.1 cm³/mol. The van der Waals surface area contributed by atoms with Crippen molar-refractivity contribution >= 4 is 49.4 Å². The zero-order chi connectivity index (χ0) is 12.8. The number of benzene rings is 1. The fraction of sp³-hybridized carbons (Fsp3) is 0.417. The van der Waals surface area contributed by atoms with Crippen molar-refractivity contribution in [2.75, 3.05) is 5.33 Å². The average molecular weight is 384 g/mol. The SMILES string of the molecule is CCC(CCBr)NC(=O)c1ccc(Br)cc1Cl. The molecule has 1 unspecified atom stereocenters. The van der Waals surface area contributed by atoms with Crippen molar-refractivity contribution in [2.45, 2.75) is 25.8 Å². The number of hydrogen-bond donors (Lipinski definition) is 1. The molecule has 0 heterocycles. The van der Waals surface area contributed by atoms with Crippen LogP contribution in [0.2, 0.25) is 5.02 Å². The summed E-state index contributed by atoms with van der Waals surface area (Å²) >= 11 is 12.7. The number of rotatable bonds is 5. The van der Waals surface area contributed by atoms with Crippen molar-refractivity contribution in [1.82, 2.24) is 5.32 Å². The molecular formula is C12H14Br2ClNO. The molecule has 1 amide bonds. The van der Waals surface area contributed by atoms with E-state index in [1.54, 1.807) is 12.1 Å². The lowest BCUT2D eigenvalue weighted by Crippen LogP contribution is -2.34. The third-order valence-corrected chi connectivity index (χ3v) is 3.73. The van der Waals surface area contributed by atoms with Crippen molar-refractivity contribution in [3.8, 4) is 0 Å². The first-order valence-corrected chi connectivity index (χ1v) is 7.69. The van der Waals surface area contributed by atoms with Crippen molar-refractivity contribution in [2.24, 2.45) is 0 Å². The molecule has 0 saturated heterocycles. The molecule has 1 atom stereocenters. The van der Waals surface area contributed by atoms with Gasteiger partial charge in [-0.25, -0.2) is 0 Å². The Labute approximate surface area is 123 Å². The first-order valence-electron chi connectivity index (χ1n) is 5.40. The lowest BCUT2D eigenvalue weighted by molar-refractivity contribution is 0.0935. The largest absolute Gasteiger partial charge is 0.349 e. The van der Waals surface area contributed by atoms with E-state index in [9.17, 15) is 4.79 Å². The molecule has 17 heavy (non-hydrogen) atoms. The van der Waals surface area contributed by atoms with Gasteiger partial charge in [0.2, 0.25) is 0 Å². The standard InChI is InChI=1S/C12H14Br2ClNO/c1-2-9(5-6-13)16-12(17)10-4-3-8(14)7-11(10)15/h3-4,7,9H,2,5-6H2,1H3,(H,16,17). The summed E-state index contributed by atoms with van der Waals surface area (Å²) in [4.78, 5) is 12.0. The third kappa shape index (κ3) is 4.60. The fourth-order valence-corrected chi connectivity index (χ4v) is 2.76. The summed E-state index contributed by atoms with van der Waals surface area (Å²) in [6, 6.07) is 5.44. The second-order valence-electron chi connectivity index (χ2n) is 3.68. The van der Waals surface area contributed by atoms with Crippen molar-refractivity contribution in [3.05, 3.63) is 33.3 Å². The van der Waals surface area contributed by atoms with E-state index in [0.29, 0.717) is 10.6 Å². The zero-order valence-corrected chi connectivity index (χ0v) is 13.4. The number of hydrogen-bond acceptors (Lipinski definition) is 1. The molecule has 0 aliphatic heterocycles. The summed E-state index contributed by atoms with van der Waals surface area (Å²) in [5, 5.41) is 4.31. The summed E-state index contributed by atoms with van der Waals surface area (Å²) in [5.74, 6) is -0.115. The number of alkyl halides is 1. The molecular weight excluding hydrogens is 369 g/mol. The van der Waals surface area contributed by atoms with E-state index in [2.05, 4.69) is 44.1 Å². The second kappa shape index (κ2) is 7.39. The van der Waals surface area contributed by atoms with Crippen LogP contribution in [0.1, 0.15) is 30.1 Å². The van der Waals surface area contributed by atoms with Gasteiger partial charge >= 0.3 is 0 Å². The molecule has 5 heteroatoms. The molecule has 1 N–H and O–H groups in total. The van der Waals surface area contributed by atoms with Crippen LogP contribution in [-0.2, 0) is 0 Å². The van der Waals surface area contributed by atoms with E-state index in [0.717, 1.165) is 22.6 Å². The number of nitrogens with one attached hydrogen (secondary N) is 1. The van der Waals surface area contributed by atoms with E-state index in [1.165, 1.54) is 0 Å². The highest BCUT2D eigenvalue weighted by atomic mass is 79.9. The Morgan fingerprint density at radius 1 is 1.53 bits per heavy atom. The van der Waals surface area contributed by atoms with Gasteiger partial charge in [0, 0.05) is 15.8 Å². The van der Waals surface area contributed by atoms with Gasteiger partial charge in [-0.15, -0.1) is 0 Å². The summed E-state index contributed by atoms with van der Waals surface area (Å²) in [7, 11) is 0. The van der Waals surface area contributed by atoms with Crippen LogP contribution in [0.25, 0.3) is 0 Å². The fourth-order valence-electron chi connectivity index (χ4n) is 1.45. The minimum Gasteiger partial charge on any atom is -0.349 e. The van der Waals surface area contributed by atoms with Crippen LogP contribution in [-0.4, -0.2) is 17.3 Å². The highest BCUT2D eigenvalue weighted by molar-refractivity contribution is 9.10. The first kappa shape index (κ1) is 15.0. The Morgan fingerprint density at radius 2 is 2.24 bits per heavy atom. The summed E-state index contributed by atoms with van der Waals surface area (Å²) < 4.78 is 0.867. The van der Waals surface area contributed by atoms with Gasteiger partial charge in [-0.3, -0.25) is 4.79 Å². The molecule has 0 fully saturated rings. The van der Waals surface area contributed by atoms with Gasteiger partial charge in [-0.2, -0.15) is 0 Å². The van der Waals surface area contributed by atoms with Gasteiger partial charge in [0.1, 0.15) is 0 Å². The Balaban J connectivity index is 2.75. The molecule has 2 nitrogen and oxygen atoms in total. The summed E-state index contributed by atoms with van der Waals surface area (Å²) in [6.45, 7) is 2.05. The zero-order valence-electron chi connectivity index (χ0n) is 9.47. The van der Waals surface area contributed by atoms with E-state index in [4.69, 9.17) is 11.6 Å². The van der Waals surface area contributed by atoms with E-state index in [-0.39, 0.29) is 11.9 Å². The molecule has 0 saturated carbocycles. The van der Waals surface area contributed by atoms with Gasteiger partial charge in [0.05, 0.1) is 10.6 Å². The van der Waals surface area contributed by atoms with Crippen LogP contribution >= 0.6 is 43.5 Å². The maximum Gasteiger partial charge on any atom is 0.253 e. The third-order valence-electron chi connectivity index (χ3n) is 2.46. The van der Waals surface area contributed by atoms with Crippen LogP contribution in [0.3, 0.4) is 0 Å². The average Bonchev–Trinajstić information content (AvgIpc) is 2.28. The number of amides is 1. The second-order valence-corrected chi connectivity index (χ2v) is 5.80. The molecule has 0 aliphatic carbocycles. The highest BCUT2D eigenvalue weighted by Gasteiger charge is 2.14. The normalized spacial score (nSPS) is 12.2. The summed E-state index contributed by atoms with van der Waals surface area (Å²) in [6.07, 6.45) is 1.82. The van der Waals surface area contributed by atoms with E-state index in [1.807, 2.05) is 6.07 Å². The van der Waals surface area contributed by atoms with Crippen molar-refractivity contribution in [3.63, 3.8) is 0 Å². The van der Waals surface area contributed by atoms with Gasteiger partial charge in [-0.1, -0.05) is 50.4 Å². The molecule has 94 valence electrons. The van der Waals surface area contributed by atoms with Gasteiger partial charge in [-0.05, 0) is 31.0 Å². The Morgan fingerprint density at radius 3 is 2.76 bits per heavy atom. The maximum absolute atomic E-state index is 12.0. The molecule has 0 aromatic heterocycles. The Hall–Kier alpha value is -0.0600. The number of carbonyl (C=O) groups excluding carboxylic acids is 1. The Bertz CT molecular complexity index is 398. The lowest BCUT2D eigenvalue weighted by Gasteiger charge is -2.16.